The zero-order chi connectivity index (χ0) is 20.3. The van der Waals surface area contributed by atoms with Crippen molar-refractivity contribution in [3.8, 4) is 0 Å². The second kappa shape index (κ2) is 8.19. The lowest BCUT2D eigenvalue weighted by atomic mass is 10.0. The highest BCUT2D eigenvalue weighted by molar-refractivity contribution is 7.89. The molecule has 0 bridgehead atoms. The van der Waals surface area contributed by atoms with Gasteiger partial charge in [-0.25, -0.2) is 18.4 Å². The molecule has 1 heterocycles. The van der Waals surface area contributed by atoms with Crippen LogP contribution in [-0.4, -0.2) is 36.9 Å². The molecule has 1 aliphatic carbocycles. The molecule has 1 aromatic carbocycles. The van der Waals surface area contributed by atoms with Crippen molar-refractivity contribution in [1.29, 1.82) is 0 Å². The van der Waals surface area contributed by atoms with Crippen LogP contribution in [0, 0.1) is 0 Å². The zero-order valence-electron chi connectivity index (χ0n) is 15.8. The summed E-state index contributed by atoms with van der Waals surface area (Å²) >= 11 is 0. The highest BCUT2D eigenvalue weighted by Gasteiger charge is 2.30. The molecule has 1 aromatic heterocycles. The Bertz CT molecular complexity index is 924. The molecular formula is C18H25N5O4S. The molecule has 5 N–H and O–H groups in total. The predicted octanol–water partition coefficient (Wildman–Crippen LogP) is 2.57. The van der Waals surface area contributed by atoms with E-state index in [0.29, 0.717) is 11.5 Å². The van der Waals surface area contributed by atoms with Gasteiger partial charge >= 0.3 is 6.09 Å². The Kier molecular flexibility index (Phi) is 5.90. The monoisotopic (exact) mass is 407 g/mol. The number of carbonyl (C=O) groups excluding carboxylic acids is 1. The average molecular weight is 407 g/mol. The number of hydrogen-bond acceptors (Lipinski definition) is 6. The summed E-state index contributed by atoms with van der Waals surface area (Å²) in [6.07, 6.45) is 1.98. The summed E-state index contributed by atoms with van der Waals surface area (Å²) < 4.78 is 28.1. The van der Waals surface area contributed by atoms with Crippen LogP contribution in [0.15, 0.2) is 35.2 Å². The number of carbonyl (C=O) groups is 1. The first-order chi connectivity index (χ1) is 13.2. The summed E-state index contributed by atoms with van der Waals surface area (Å²) in [7, 11) is -3.71. The van der Waals surface area contributed by atoms with Crippen LogP contribution in [0.25, 0.3) is 0 Å². The van der Waals surface area contributed by atoms with E-state index in [1.54, 1.807) is 12.1 Å². The highest BCUT2D eigenvalue weighted by atomic mass is 32.2. The second-order valence-electron chi connectivity index (χ2n) is 7.24. The molecule has 10 heteroatoms. The average Bonchev–Trinajstić information content (AvgIpc) is 3.23. The smallest absolute Gasteiger partial charge is 0.407 e. The quantitative estimate of drug-likeness (QED) is 0.580. The fourth-order valence-corrected chi connectivity index (χ4v) is 3.75. The first-order valence-electron chi connectivity index (χ1n) is 9.13. The number of primary sulfonamides is 1. The van der Waals surface area contributed by atoms with E-state index in [2.05, 4.69) is 20.8 Å². The van der Waals surface area contributed by atoms with Crippen molar-refractivity contribution in [2.45, 2.75) is 56.1 Å². The number of ether oxygens (including phenoxy) is 1. The molecule has 28 heavy (non-hydrogen) atoms. The van der Waals surface area contributed by atoms with Gasteiger partial charge in [0.1, 0.15) is 6.10 Å². The Balaban J connectivity index is 1.56. The first kappa shape index (κ1) is 20.2. The first-order valence-corrected chi connectivity index (χ1v) is 10.7. The van der Waals surface area contributed by atoms with Crippen LogP contribution in [0.1, 0.15) is 44.7 Å². The van der Waals surface area contributed by atoms with E-state index in [9.17, 15) is 13.2 Å². The van der Waals surface area contributed by atoms with Crippen LogP contribution in [0.3, 0.4) is 0 Å². The van der Waals surface area contributed by atoms with Gasteiger partial charge in [-0.1, -0.05) is 0 Å². The fraction of sp³-hybridized carbons (Fsp3) is 0.444. The molecule has 2 atom stereocenters. The van der Waals surface area contributed by atoms with Crippen molar-refractivity contribution in [3.05, 3.63) is 36.0 Å². The van der Waals surface area contributed by atoms with Crippen molar-refractivity contribution >= 4 is 27.6 Å². The number of nitrogens with two attached hydrogens (primary N) is 1. The van der Waals surface area contributed by atoms with Crippen LogP contribution in [0.4, 0.5) is 16.3 Å². The van der Waals surface area contributed by atoms with E-state index >= 15 is 0 Å². The van der Waals surface area contributed by atoms with E-state index in [1.165, 1.54) is 12.1 Å². The van der Waals surface area contributed by atoms with Crippen LogP contribution >= 0.6 is 0 Å². The third kappa shape index (κ3) is 5.23. The number of anilines is 2. The molecule has 0 radical (unpaired) electrons. The number of amides is 1. The molecule has 1 fully saturated rings. The number of H-pyrrole nitrogens is 1. The molecule has 1 saturated carbocycles. The predicted molar refractivity (Wildman–Crippen MR) is 105 cm³/mol. The van der Waals surface area contributed by atoms with Gasteiger partial charge in [-0.3, -0.25) is 5.10 Å². The Labute approximate surface area is 164 Å². The van der Waals surface area contributed by atoms with Crippen LogP contribution in [-0.2, 0) is 14.8 Å². The van der Waals surface area contributed by atoms with E-state index in [0.717, 1.165) is 25.0 Å². The third-order valence-electron chi connectivity index (χ3n) is 4.56. The van der Waals surface area contributed by atoms with Crippen LogP contribution in [0.5, 0.6) is 0 Å². The Morgan fingerprint density at radius 2 is 2.00 bits per heavy atom. The second-order valence-corrected chi connectivity index (χ2v) is 8.80. The van der Waals surface area contributed by atoms with Gasteiger partial charge in [0.2, 0.25) is 10.0 Å². The van der Waals surface area contributed by atoms with Gasteiger partial charge in [-0.15, -0.1) is 0 Å². The number of nitrogens with zero attached hydrogens (tertiary/aromatic N) is 1. The number of nitrogens with one attached hydrogen (secondary N) is 3. The van der Waals surface area contributed by atoms with Gasteiger partial charge in [0.25, 0.3) is 0 Å². The van der Waals surface area contributed by atoms with E-state index in [4.69, 9.17) is 9.88 Å². The number of aromatic amines is 1. The molecule has 0 saturated heterocycles. The third-order valence-corrected chi connectivity index (χ3v) is 5.49. The van der Waals surface area contributed by atoms with Gasteiger partial charge in [0.05, 0.1) is 4.90 Å². The van der Waals surface area contributed by atoms with Gasteiger partial charge < -0.3 is 15.4 Å². The van der Waals surface area contributed by atoms with Gasteiger partial charge in [0, 0.05) is 29.4 Å². The van der Waals surface area contributed by atoms with Crippen molar-refractivity contribution in [2.24, 2.45) is 5.14 Å². The lowest BCUT2D eigenvalue weighted by Gasteiger charge is -2.14. The zero-order valence-corrected chi connectivity index (χ0v) is 16.6. The largest absolute Gasteiger partial charge is 0.446 e. The van der Waals surface area contributed by atoms with Crippen molar-refractivity contribution in [2.75, 3.05) is 5.32 Å². The summed E-state index contributed by atoms with van der Waals surface area (Å²) in [5.74, 6) is 0.866. The number of sulfonamides is 1. The van der Waals surface area contributed by atoms with Crippen molar-refractivity contribution in [1.82, 2.24) is 15.5 Å². The minimum atomic E-state index is -3.71. The number of aromatic nitrogens is 2. The minimum absolute atomic E-state index is 0.0463. The van der Waals surface area contributed by atoms with Crippen molar-refractivity contribution in [3.63, 3.8) is 0 Å². The summed E-state index contributed by atoms with van der Waals surface area (Å²) in [5.41, 5.74) is 1.67. The maximum atomic E-state index is 11.7. The molecule has 0 aliphatic heterocycles. The van der Waals surface area contributed by atoms with E-state index in [-0.39, 0.29) is 29.1 Å². The molecule has 3 rings (SSSR count). The molecule has 2 aromatic rings. The van der Waals surface area contributed by atoms with Crippen molar-refractivity contribution < 1.29 is 17.9 Å². The molecule has 1 aliphatic rings. The number of hydrogen-bond donors (Lipinski definition) is 4. The lowest BCUT2D eigenvalue weighted by Crippen LogP contribution is -2.33. The molecule has 0 spiro atoms. The Morgan fingerprint density at radius 1 is 1.29 bits per heavy atom. The maximum absolute atomic E-state index is 11.7. The molecule has 9 nitrogen and oxygen atoms in total. The highest BCUT2D eigenvalue weighted by Crippen LogP contribution is 2.36. The standard InChI is InChI=1S/C18H25N5O4S/c1-11(2)20-18(24)27-14-6-3-12(9-14)16-10-17(23-22-16)21-13-4-7-15(8-5-13)28(19,25)26/h4-5,7-8,10-12,14H,3,6,9H2,1-2H3,(H,20,24)(H2,19,25,26)(H2,21,22,23)/t12-,14+/m1/s1. The van der Waals surface area contributed by atoms with E-state index < -0.39 is 10.0 Å². The maximum Gasteiger partial charge on any atom is 0.407 e. The SMILES string of the molecule is CC(C)NC(=O)O[C@H]1CC[C@@H](c2cc(Nc3ccc(S(N)(=O)=O)cc3)n[nH]2)C1. The fourth-order valence-electron chi connectivity index (χ4n) is 3.24. The summed E-state index contributed by atoms with van der Waals surface area (Å²) in [6, 6.07) is 8.08. The normalized spacial score (nSPS) is 19.6. The topological polar surface area (TPSA) is 139 Å². The minimum Gasteiger partial charge on any atom is -0.446 e. The van der Waals surface area contributed by atoms with E-state index in [1.807, 2.05) is 19.9 Å². The van der Waals surface area contributed by atoms with Gasteiger partial charge in [-0.2, -0.15) is 5.10 Å². The summed E-state index contributed by atoms with van der Waals surface area (Å²) in [6.45, 7) is 3.78. The van der Waals surface area contributed by atoms with Gasteiger partial charge in [-0.05, 0) is 57.4 Å². The van der Waals surface area contributed by atoms with Crippen LogP contribution < -0.4 is 15.8 Å². The lowest BCUT2D eigenvalue weighted by molar-refractivity contribution is 0.0981. The molecule has 152 valence electrons. The summed E-state index contributed by atoms with van der Waals surface area (Å²) in [5, 5.41) is 18.2. The van der Waals surface area contributed by atoms with Gasteiger partial charge in [0.15, 0.2) is 5.82 Å². The summed E-state index contributed by atoms with van der Waals surface area (Å²) in [4.78, 5) is 11.8. The Morgan fingerprint density at radius 3 is 2.64 bits per heavy atom. The van der Waals surface area contributed by atoms with Crippen LogP contribution in [0.2, 0.25) is 0 Å². The number of benzene rings is 1. The number of rotatable bonds is 6. The Hall–Kier alpha value is -2.59. The molecule has 0 unspecified atom stereocenters. The molecular weight excluding hydrogens is 382 g/mol. The number of alkyl carbamates (subject to hydrolysis) is 1. The molecule has 1 amide bonds.